The maximum atomic E-state index is 5.64. The quantitative estimate of drug-likeness (QED) is 0.858. The van der Waals surface area contributed by atoms with Crippen LogP contribution in [0.25, 0.3) is 0 Å². The molecule has 1 N–H and O–H groups in total. The van der Waals surface area contributed by atoms with Gasteiger partial charge in [0.2, 0.25) is 5.95 Å². The number of para-hydroxylation sites is 1. The van der Waals surface area contributed by atoms with E-state index >= 15 is 0 Å². The van der Waals surface area contributed by atoms with Crippen molar-refractivity contribution in [3.63, 3.8) is 0 Å². The molecule has 0 aliphatic rings. The molecule has 2 aromatic rings. The van der Waals surface area contributed by atoms with E-state index < -0.39 is 0 Å². The monoisotopic (exact) mass is 231 g/mol. The first-order chi connectivity index (χ1) is 8.29. The molecule has 0 amide bonds. The number of rotatable bonds is 5. The van der Waals surface area contributed by atoms with Gasteiger partial charge in [0.15, 0.2) is 0 Å². The molecule has 0 unspecified atom stereocenters. The minimum Gasteiger partial charge on any atom is -0.492 e. The fraction of sp³-hybridized carbons (Fsp3) is 0.308. The maximum Gasteiger partial charge on any atom is 0.202 e. The third kappa shape index (κ3) is 3.00. The molecule has 0 saturated carbocycles. The van der Waals surface area contributed by atoms with Crippen LogP contribution in [0, 0.1) is 6.92 Å². The highest BCUT2D eigenvalue weighted by Gasteiger charge is 2.03. The van der Waals surface area contributed by atoms with Crippen molar-refractivity contribution in [3.05, 3.63) is 42.2 Å². The Morgan fingerprint density at radius 3 is 2.76 bits per heavy atom. The molecule has 1 aromatic carbocycles. The van der Waals surface area contributed by atoms with Crippen LogP contribution in [0.1, 0.15) is 5.69 Å². The van der Waals surface area contributed by atoms with Crippen molar-refractivity contribution in [2.75, 3.05) is 19.0 Å². The summed E-state index contributed by atoms with van der Waals surface area (Å²) in [5, 5.41) is 3.06. The van der Waals surface area contributed by atoms with Gasteiger partial charge in [0.05, 0.1) is 12.2 Å². The van der Waals surface area contributed by atoms with Crippen LogP contribution in [0.4, 0.5) is 5.95 Å². The topological polar surface area (TPSA) is 39.1 Å². The lowest BCUT2D eigenvalue weighted by molar-refractivity contribution is 0.299. The SMILES string of the molecule is CNc1nc(C)cn1CCOc1ccccc1. The molecule has 0 fully saturated rings. The average molecular weight is 231 g/mol. The van der Waals surface area contributed by atoms with Gasteiger partial charge in [0.1, 0.15) is 12.4 Å². The van der Waals surface area contributed by atoms with Gasteiger partial charge in [-0.25, -0.2) is 4.98 Å². The highest BCUT2D eigenvalue weighted by molar-refractivity contribution is 5.27. The fourth-order valence-electron chi connectivity index (χ4n) is 1.70. The third-order valence-electron chi connectivity index (χ3n) is 2.46. The van der Waals surface area contributed by atoms with Crippen LogP contribution in [0.15, 0.2) is 36.5 Å². The highest BCUT2D eigenvalue weighted by Crippen LogP contribution is 2.10. The van der Waals surface area contributed by atoms with Crippen LogP contribution >= 0.6 is 0 Å². The number of nitrogens with zero attached hydrogens (tertiary/aromatic N) is 2. The van der Waals surface area contributed by atoms with Crippen LogP contribution in [0.5, 0.6) is 5.75 Å². The maximum absolute atomic E-state index is 5.64. The van der Waals surface area contributed by atoms with Crippen molar-refractivity contribution in [3.8, 4) is 5.75 Å². The Morgan fingerprint density at radius 2 is 2.06 bits per heavy atom. The minimum absolute atomic E-state index is 0.633. The lowest BCUT2D eigenvalue weighted by atomic mass is 10.3. The molecule has 17 heavy (non-hydrogen) atoms. The standard InChI is InChI=1S/C13H17N3O/c1-11-10-16(13(14-2)15-11)8-9-17-12-6-4-3-5-7-12/h3-7,10H,8-9H2,1-2H3,(H,14,15). The van der Waals surface area contributed by atoms with Crippen molar-refractivity contribution >= 4 is 5.95 Å². The second-order valence-corrected chi connectivity index (χ2v) is 3.81. The van der Waals surface area contributed by atoms with E-state index in [2.05, 4.69) is 14.9 Å². The van der Waals surface area contributed by atoms with E-state index in [-0.39, 0.29) is 0 Å². The number of benzene rings is 1. The van der Waals surface area contributed by atoms with Crippen LogP contribution in [-0.2, 0) is 6.54 Å². The molecule has 0 atom stereocenters. The summed E-state index contributed by atoms with van der Waals surface area (Å²) in [6.07, 6.45) is 2.01. The Kier molecular flexibility index (Phi) is 3.65. The van der Waals surface area contributed by atoms with Crippen molar-refractivity contribution in [1.29, 1.82) is 0 Å². The van der Waals surface area contributed by atoms with Gasteiger partial charge >= 0.3 is 0 Å². The molecule has 0 spiro atoms. The summed E-state index contributed by atoms with van der Waals surface area (Å²) in [5.41, 5.74) is 1.01. The van der Waals surface area contributed by atoms with E-state index in [0.29, 0.717) is 6.61 Å². The van der Waals surface area contributed by atoms with Crippen LogP contribution in [-0.4, -0.2) is 23.2 Å². The van der Waals surface area contributed by atoms with Crippen molar-refractivity contribution in [2.24, 2.45) is 0 Å². The first-order valence-electron chi connectivity index (χ1n) is 5.69. The summed E-state index contributed by atoms with van der Waals surface area (Å²) >= 11 is 0. The largest absolute Gasteiger partial charge is 0.492 e. The first kappa shape index (κ1) is 11.5. The Morgan fingerprint density at radius 1 is 1.29 bits per heavy atom. The molecule has 2 rings (SSSR count). The van der Waals surface area contributed by atoms with Gasteiger partial charge < -0.3 is 14.6 Å². The summed E-state index contributed by atoms with van der Waals surface area (Å²) in [6.45, 7) is 3.40. The number of imidazole rings is 1. The Balaban J connectivity index is 1.90. The lowest BCUT2D eigenvalue weighted by Crippen LogP contribution is -2.10. The van der Waals surface area contributed by atoms with E-state index in [9.17, 15) is 0 Å². The molecule has 4 heteroatoms. The summed E-state index contributed by atoms with van der Waals surface area (Å²) < 4.78 is 7.70. The number of aromatic nitrogens is 2. The van der Waals surface area contributed by atoms with Gasteiger partial charge in [-0.2, -0.15) is 0 Å². The van der Waals surface area contributed by atoms with Gasteiger partial charge in [0.25, 0.3) is 0 Å². The van der Waals surface area contributed by atoms with E-state index in [1.165, 1.54) is 0 Å². The predicted octanol–water partition coefficient (Wildman–Crippen LogP) is 2.31. The zero-order chi connectivity index (χ0) is 12.1. The van der Waals surface area contributed by atoms with E-state index in [0.717, 1.165) is 23.9 Å². The lowest BCUT2D eigenvalue weighted by Gasteiger charge is -2.08. The molecule has 1 aromatic heterocycles. The number of aryl methyl sites for hydroxylation is 1. The van der Waals surface area contributed by atoms with Gasteiger partial charge in [0, 0.05) is 13.2 Å². The smallest absolute Gasteiger partial charge is 0.202 e. The first-order valence-corrected chi connectivity index (χ1v) is 5.69. The summed E-state index contributed by atoms with van der Waals surface area (Å²) in [4.78, 5) is 4.35. The van der Waals surface area contributed by atoms with Gasteiger partial charge in [-0.1, -0.05) is 18.2 Å². The average Bonchev–Trinajstić information content (AvgIpc) is 2.71. The normalized spacial score (nSPS) is 10.2. The van der Waals surface area contributed by atoms with E-state index in [4.69, 9.17) is 4.74 Å². The summed E-state index contributed by atoms with van der Waals surface area (Å²) in [7, 11) is 1.87. The Hall–Kier alpha value is -1.97. The fourth-order valence-corrected chi connectivity index (χ4v) is 1.70. The molecule has 0 saturated heterocycles. The molecule has 0 aliphatic heterocycles. The predicted molar refractivity (Wildman–Crippen MR) is 68.4 cm³/mol. The number of nitrogens with one attached hydrogen (secondary N) is 1. The summed E-state index contributed by atoms with van der Waals surface area (Å²) in [5.74, 6) is 1.77. The van der Waals surface area contributed by atoms with Gasteiger partial charge in [-0.15, -0.1) is 0 Å². The molecule has 90 valence electrons. The molecule has 0 bridgehead atoms. The molecule has 4 nitrogen and oxygen atoms in total. The highest BCUT2D eigenvalue weighted by atomic mass is 16.5. The molecule has 0 radical (unpaired) electrons. The number of hydrogen-bond donors (Lipinski definition) is 1. The number of ether oxygens (including phenoxy) is 1. The second kappa shape index (κ2) is 5.39. The van der Waals surface area contributed by atoms with Crippen LogP contribution in [0.3, 0.4) is 0 Å². The van der Waals surface area contributed by atoms with E-state index in [1.807, 2.05) is 50.5 Å². The third-order valence-corrected chi connectivity index (χ3v) is 2.46. The van der Waals surface area contributed by atoms with E-state index in [1.54, 1.807) is 0 Å². The van der Waals surface area contributed by atoms with Gasteiger partial charge in [-0.3, -0.25) is 0 Å². The van der Waals surface area contributed by atoms with Crippen molar-refractivity contribution < 1.29 is 4.74 Å². The number of hydrogen-bond acceptors (Lipinski definition) is 3. The molecule has 0 aliphatic carbocycles. The minimum atomic E-state index is 0.633. The molecule has 1 heterocycles. The summed E-state index contributed by atoms with van der Waals surface area (Å²) in [6, 6.07) is 9.83. The zero-order valence-electron chi connectivity index (χ0n) is 10.2. The molecular weight excluding hydrogens is 214 g/mol. The van der Waals surface area contributed by atoms with Crippen molar-refractivity contribution in [1.82, 2.24) is 9.55 Å². The second-order valence-electron chi connectivity index (χ2n) is 3.81. The Labute approximate surface area is 101 Å². The molecular formula is C13H17N3O. The van der Waals surface area contributed by atoms with Gasteiger partial charge in [-0.05, 0) is 19.1 Å². The van der Waals surface area contributed by atoms with Crippen molar-refractivity contribution in [2.45, 2.75) is 13.5 Å². The van der Waals surface area contributed by atoms with Crippen LogP contribution < -0.4 is 10.1 Å². The number of anilines is 1. The Bertz CT molecular complexity index is 465. The van der Waals surface area contributed by atoms with Crippen LogP contribution in [0.2, 0.25) is 0 Å². The zero-order valence-corrected chi connectivity index (χ0v) is 10.2.